The van der Waals surface area contributed by atoms with E-state index in [1.807, 2.05) is 44.3 Å². The van der Waals surface area contributed by atoms with Gasteiger partial charge in [-0.2, -0.15) is 5.10 Å². The van der Waals surface area contributed by atoms with E-state index in [0.717, 1.165) is 10.9 Å². The smallest absolute Gasteiger partial charge is 0.221 e. The van der Waals surface area contributed by atoms with Crippen molar-refractivity contribution in [2.45, 2.75) is 26.8 Å². The van der Waals surface area contributed by atoms with E-state index in [2.05, 4.69) is 10.4 Å². The number of aromatic nitrogens is 2. The van der Waals surface area contributed by atoms with Crippen LogP contribution in [0.3, 0.4) is 0 Å². The van der Waals surface area contributed by atoms with Crippen LogP contribution < -0.4 is 5.32 Å². The zero-order valence-corrected chi connectivity index (χ0v) is 10.6. The second-order valence-electron chi connectivity index (χ2n) is 3.37. The summed E-state index contributed by atoms with van der Waals surface area (Å²) in [6, 6.07) is 7.91. The van der Waals surface area contributed by atoms with Crippen molar-refractivity contribution >= 4 is 16.8 Å². The molecule has 0 spiro atoms. The first kappa shape index (κ1) is 13.2. The van der Waals surface area contributed by atoms with Gasteiger partial charge in [0.2, 0.25) is 5.91 Å². The van der Waals surface area contributed by atoms with Crippen molar-refractivity contribution in [2.24, 2.45) is 0 Å². The van der Waals surface area contributed by atoms with Gasteiger partial charge in [0, 0.05) is 31.6 Å². The maximum atomic E-state index is 11.0. The molecule has 2 aromatic rings. The highest BCUT2D eigenvalue weighted by molar-refractivity contribution is 5.78. The number of benzene rings is 1. The van der Waals surface area contributed by atoms with E-state index in [4.69, 9.17) is 0 Å². The normalized spacial score (nSPS) is 9.59. The van der Waals surface area contributed by atoms with Crippen molar-refractivity contribution in [3.05, 3.63) is 30.5 Å². The number of carbonyl (C=O) groups excluding carboxylic acids is 1. The van der Waals surface area contributed by atoms with Gasteiger partial charge in [-0.05, 0) is 6.07 Å². The zero-order valence-electron chi connectivity index (χ0n) is 10.6. The Morgan fingerprint density at radius 3 is 2.71 bits per heavy atom. The van der Waals surface area contributed by atoms with Gasteiger partial charge in [0.05, 0.1) is 5.52 Å². The highest BCUT2D eigenvalue weighted by Gasteiger charge is 2.01. The maximum Gasteiger partial charge on any atom is 0.221 e. The SMILES string of the molecule is CC.CNC(=O)CCn1cc2ccccc2n1. The fraction of sp³-hybridized carbons (Fsp3) is 0.385. The Balaban J connectivity index is 0.000000686. The molecule has 17 heavy (non-hydrogen) atoms. The van der Waals surface area contributed by atoms with E-state index in [1.54, 1.807) is 11.7 Å². The number of fused-ring (bicyclic) bond motifs is 1. The number of hydrogen-bond acceptors (Lipinski definition) is 2. The van der Waals surface area contributed by atoms with Gasteiger partial charge in [0.15, 0.2) is 0 Å². The third kappa shape index (κ3) is 3.59. The van der Waals surface area contributed by atoms with E-state index in [0.29, 0.717) is 13.0 Å². The van der Waals surface area contributed by atoms with E-state index in [9.17, 15) is 4.79 Å². The monoisotopic (exact) mass is 233 g/mol. The minimum Gasteiger partial charge on any atom is -0.359 e. The summed E-state index contributed by atoms with van der Waals surface area (Å²) in [4.78, 5) is 11.0. The molecule has 1 aromatic heterocycles. The number of aryl methyl sites for hydroxylation is 1. The molecular formula is C13H19N3O. The molecule has 0 unspecified atom stereocenters. The maximum absolute atomic E-state index is 11.0. The Bertz CT molecular complexity index is 443. The van der Waals surface area contributed by atoms with Gasteiger partial charge in [0.25, 0.3) is 0 Å². The summed E-state index contributed by atoms with van der Waals surface area (Å²) < 4.78 is 1.81. The standard InChI is InChI=1S/C11H13N3O.C2H6/c1-12-11(15)6-7-14-8-9-4-2-3-5-10(9)13-14;1-2/h2-5,8H,6-7H2,1H3,(H,12,15);1-2H3. The van der Waals surface area contributed by atoms with Gasteiger partial charge in [0.1, 0.15) is 0 Å². The minimum atomic E-state index is 0.0366. The first-order chi connectivity index (χ1) is 8.29. The van der Waals surface area contributed by atoms with Crippen LogP contribution in [-0.2, 0) is 11.3 Å². The van der Waals surface area contributed by atoms with Gasteiger partial charge in [-0.3, -0.25) is 9.48 Å². The van der Waals surface area contributed by atoms with Gasteiger partial charge in [-0.1, -0.05) is 32.0 Å². The molecule has 1 N–H and O–H groups in total. The molecule has 0 aliphatic carbocycles. The molecule has 0 saturated carbocycles. The Hall–Kier alpha value is -1.84. The van der Waals surface area contributed by atoms with E-state index in [-0.39, 0.29) is 5.91 Å². The first-order valence-corrected chi connectivity index (χ1v) is 5.92. The molecule has 1 aromatic carbocycles. The summed E-state index contributed by atoms with van der Waals surface area (Å²) in [6.07, 6.45) is 2.42. The Labute approximate surface area is 102 Å². The van der Waals surface area contributed by atoms with Crippen molar-refractivity contribution in [2.75, 3.05) is 7.05 Å². The number of amides is 1. The van der Waals surface area contributed by atoms with E-state index < -0.39 is 0 Å². The average molecular weight is 233 g/mol. The van der Waals surface area contributed by atoms with Crippen LogP contribution in [-0.4, -0.2) is 22.7 Å². The fourth-order valence-electron chi connectivity index (χ4n) is 1.47. The quantitative estimate of drug-likeness (QED) is 0.883. The number of rotatable bonds is 3. The molecule has 0 atom stereocenters. The Kier molecular flexibility index (Phi) is 5.20. The van der Waals surface area contributed by atoms with E-state index in [1.165, 1.54) is 0 Å². The van der Waals surface area contributed by atoms with Crippen molar-refractivity contribution in [3.63, 3.8) is 0 Å². The van der Waals surface area contributed by atoms with Crippen molar-refractivity contribution < 1.29 is 4.79 Å². The summed E-state index contributed by atoms with van der Waals surface area (Å²) in [7, 11) is 1.64. The van der Waals surface area contributed by atoms with Crippen LogP contribution in [0.1, 0.15) is 20.3 Å². The molecule has 92 valence electrons. The van der Waals surface area contributed by atoms with Gasteiger partial charge >= 0.3 is 0 Å². The van der Waals surface area contributed by atoms with Crippen LogP contribution in [0.2, 0.25) is 0 Å². The molecule has 0 saturated heterocycles. The van der Waals surface area contributed by atoms with E-state index >= 15 is 0 Å². The predicted octanol–water partition coefficient (Wildman–Crippen LogP) is 2.20. The summed E-state index contributed by atoms with van der Waals surface area (Å²) in [6.45, 7) is 4.62. The van der Waals surface area contributed by atoms with Crippen LogP contribution in [0, 0.1) is 0 Å². The lowest BCUT2D eigenvalue weighted by atomic mass is 10.3. The number of carbonyl (C=O) groups is 1. The molecule has 0 aliphatic heterocycles. The Morgan fingerprint density at radius 2 is 2.06 bits per heavy atom. The van der Waals surface area contributed by atoms with Crippen molar-refractivity contribution in [1.82, 2.24) is 15.1 Å². The molecular weight excluding hydrogens is 214 g/mol. The lowest BCUT2D eigenvalue weighted by Gasteiger charge is -1.99. The van der Waals surface area contributed by atoms with Gasteiger partial charge in [-0.15, -0.1) is 0 Å². The third-order valence-electron chi connectivity index (χ3n) is 2.31. The molecule has 0 radical (unpaired) electrons. The van der Waals surface area contributed by atoms with Crippen LogP contribution in [0.15, 0.2) is 30.5 Å². The first-order valence-electron chi connectivity index (χ1n) is 5.92. The zero-order chi connectivity index (χ0) is 12.7. The number of nitrogens with one attached hydrogen (secondary N) is 1. The Morgan fingerprint density at radius 1 is 1.35 bits per heavy atom. The molecule has 1 amide bonds. The van der Waals surface area contributed by atoms with Gasteiger partial charge in [-0.25, -0.2) is 0 Å². The highest BCUT2D eigenvalue weighted by Crippen LogP contribution is 2.10. The molecule has 0 fully saturated rings. The summed E-state index contributed by atoms with van der Waals surface area (Å²) in [5.74, 6) is 0.0366. The molecule has 2 rings (SSSR count). The average Bonchev–Trinajstić information content (AvgIpc) is 2.81. The second kappa shape index (κ2) is 6.68. The van der Waals surface area contributed by atoms with Crippen molar-refractivity contribution in [3.8, 4) is 0 Å². The van der Waals surface area contributed by atoms with Crippen molar-refractivity contribution in [1.29, 1.82) is 0 Å². The molecule has 4 heteroatoms. The highest BCUT2D eigenvalue weighted by atomic mass is 16.1. The summed E-state index contributed by atoms with van der Waals surface area (Å²) >= 11 is 0. The lowest BCUT2D eigenvalue weighted by molar-refractivity contribution is -0.120. The third-order valence-corrected chi connectivity index (χ3v) is 2.31. The van der Waals surface area contributed by atoms with Crippen LogP contribution in [0.5, 0.6) is 0 Å². The topological polar surface area (TPSA) is 46.9 Å². The lowest BCUT2D eigenvalue weighted by Crippen LogP contribution is -2.19. The fourth-order valence-corrected chi connectivity index (χ4v) is 1.47. The van der Waals surface area contributed by atoms with Crippen LogP contribution in [0.4, 0.5) is 0 Å². The number of hydrogen-bond donors (Lipinski definition) is 1. The van der Waals surface area contributed by atoms with Gasteiger partial charge < -0.3 is 5.32 Å². The molecule has 0 bridgehead atoms. The number of nitrogens with zero attached hydrogens (tertiary/aromatic N) is 2. The summed E-state index contributed by atoms with van der Waals surface area (Å²) in [5, 5.41) is 8.05. The summed E-state index contributed by atoms with van der Waals surface area (Å²) in [5.41, 5.74) is 0.967. The molecule has 1 heterocycles. The molecule has 4 nitrogen and oxygen atoms in total. The minimum absolute atomic E-state index is 0.0366. The largest absolute Gasteiger partial charge is 0.359 e. The second-order valence-corrected chi connectivity index (χ2v) is 3.37. The predicted molar refractivity (Wildman–Crippen MR) is 69.8 cm³/mol. The molecule has 0 aliphatic rings. The van der Waals surface area contributed by atoms with Crippen LogP contribution in [0.25, 0.3) is 10.9 Å². The van der Waals surface area contributed by atoms with Crippen LogP contribution >= 0.6 is 0 Å².